The largest absolute Gasteiger partial charge is 0.304 e. The Kier molecular flexibility index (Phi) is 10.1. The molecule has 228 valence electrons. The molecule has 4 fully saturated rings. The molecule has 4 aliphatic rings. The number of ketones is 1. The van der Waals surface area contributed by atoms with Crippen LogP contribution < -0.4 is 0 Å². The summed E-state index contributed by atoms with van der Waals surface area (Å²) in [7, 11) is 4.45. The zero-order valence-corrected chi connectivity index (χ0v) is 26.5. The van der Waals surface area contributed by atoms with Crippen LogP contribution in [0.2, 0.25) is 0 Å². The first-order valence-corrected chi connectivity index (χ1v) is 17.2. The maximum absolute atomic E-state index is 14.9. The van der Waals surface area contributed by atoms with E-state index in [1.165, 1.54) is 86.5 Å². The van der Waals surface area contributed by atoms with Crippen molar-refractivity contribution in [2.45, 2.75) is 89.1 Å². The van der Waals surface area contributed by atoms with Gasteiger partial charge in [-0.3, -0.25) is 14.6 Å². The predicted octanol–water partition coefficient (Wildman–Crippen LogP) is 6.51. The Bertz CT molecular complexity index is 1090. The smallest absolute Gasteiger partial charge is 0.193 e. The molecule has 0 radical (unpaired) electrons. The van der Waals surface area contributed by atoms with E-state index in [1.54, 1.807) is 0 Å². The quantitative estimate of drug-likeness (QED) is 0.338. The van der Waals surface area contributed by atoms with Crippen LogP contribution in [0.3, 0.4) is 0 Å². The summed E-state index contributed by atoms with van der Waals surface area (Å²) < 4.78 is 0. The van der Waals surface area contributed by atoms with E-state index in [-0.39, 0.29) is 5.78 Å². The molecular formula is C37H54N4O. The van der Waals surface area contributed by atoms with Gasteiger partial charge in [0, 0.05) is 76.6 Å². The Morgan fingerprint density at radius 2 is 0.952 bits per heavy atom. The lowest BCUT2D eigenvalue weighted by molar-refractivity contribution is 0.103. The highest BCUT2D eigenvalue weighted by Gasteiger charge is 2.29. The molecule has 0 unspecified atom stereocenters. The third-order valence-electron chi connectivity index (χ3n) is 11.0. The van der Waals surface area contributed by atoms with E-state index in [4.69, 9.17) is 0 Å². The zero-order valence-electron chi connectivity index (χ0n) is 26.5. The SMILES string of the molecule is CN1CCN(Cc2c(C(=O)c3cccc(C4CCCCC4)c3CN3CCN(C)CC3)cccc2C2CCCCC2)CC1. The van der Waals surface area contributed by atoms with Crippen LogP contribution in [-0.4, -0.2) is 91.8 Å². The van der Waals surface area contributed by atoms with Crippen LogP contribution in [0.4, 0.5) is 0 Å². The van der Waals surface area contributed by atoms with Crippen LogP contribution in [0.5, 0.6) is 0 Å². The van der Waals surface area contributed by atoms with Gasteiger partial charge in [-0.25, -0.2) is 0 Å². The first-order chi connectivity index (χ1) is 20.6. The van der Waals surface area contributed by atoms with Crippen molar-refractivity contribution >= 4 is 5.78 Å². The topological polar surface area (TPSA) is 30.0 Å². The van der Waals surface area contributed by atoms with Gasteiger partial charge in [0.25, 0.3) is 0 Å². The van der Waals surface area contributed by atoms with Crippen LogP contribution in [0.15, 0.2) is 36.4 Å². The first kappa shape index (κ1) is 30.0. The molecule has 5 nitrogen and oxygen atoms in total. The molecule has 6 rings (SSSR count). The molecule has 2 aromatic rings. The highest BCUT2D eigenvalue weighted by Crippen LogP contribution is 2.39. The van der Waals surface area contributed by atoms with Gasteiger partial charge in [-0.1, -0.05) is 74.9 Å². The molecule has 2 heterocycles. The van der Waals surface area contributed by atoms with E-state index in [0.29, 0.717) is 11.8 Å². The third kappa shape index (κ3) is 7.01. The van der Waals surface area contributed by atoms with Crippen molar-refractivity contribution in [1.82, 2.24) is 19.6 Å². The van der Waals surface area contributed by atoms with Crippen molar-refractivity contribution in [2.24, 2.45) is 0 Å². The first-order valence-electron chi connectivity index (χ1n) is 17.2. The minimum atomic E-state index is 0.263. The fraction of sp³-hybridized carbons (Fsp3) is 0.649. The molecule has 0 spiro atoms. The summed E-state index contributed by atoms with van der Waals surface area (Å²) in [4.78, 5) is 24.9. The molecule has 0 amide bonds. The molecule has 2 aromatic carbocycles. The molecule has 0 aromatic heterocycles. The minimum Gasteiger partial charge on any atom is -0.304 e. The number of piperazine rings is 2. The van der Waals surface area contributed by atoms with Crippen LogP contribution in [0.25, 0.3) is 0 Å². The molecule has 0 atom stereocenters. The van der Waals surface area contributed by atoms with Gasteiger partial charge in [0.1, 0.15) is 0 Å². The number of likely N-dealkylation sites (N-methyl/N-ethyl adjacent to an activating group) is 2. The standard InChI is InChI=1S/C37H54N4O/c1-38-19-23-40(24-20-38)27-35-31(29-11-5-3-6-12-29)15-9-17-33(35)37(42)34-18-10-16-32(30-13-7-4-8-14-30)36(34)28-41-25-21-39(2)22-26-41/h9-10,15-18,29-30H,3-8,11-14,19-28H2,1-2H3. The highest BCUT2D eigenvalue weighted by molar-refractivity contribution is 6.11. The van der Waals surface area contributed by atoms with E-state index in [9.17, 15) is 4.79 Å². The van der Waals surface area contributed by atoms with Crippen molar-refractivity contribution in [1.29, 1.82) is 0 Å². The zero-order chi connectivity index (χ0) is 28.9. The molecule has 0 N–H and O–H groups in total. The maximum Gasteiger partial charge on any atom is 0.193 e. The number of rotatable bonds is 8. The summed E-state index contributed by atoms with van der Waals surface area (Å²) in [5.74, 6) is 1.44. The molecule has 0 bridgehead atoms. The lowest BCUT2D eigenvalue weighted by atomic mass is 9.78. The van der Waals surface area contributed by atoms with Gasteiger partial charge in [-0.2, -0.15) is 0 Å². The summed E-state index contributed by atoms with van der Waals surface area (Å²) in [6, 6.07) is 13.4. The van der Waals surface area contributed by atoms with Gasteiger partial charge in [0.05, 0.1) is 0 Å². The fourth-order valence-electron chi connectivity index (χ4n) is 8.18. The summed E-state index contributed by atoms with van der Waals surface area (Å²) in [5.41, 5.74) is 7.52. The lowest BCUT2D eigenvalue weighted by Gasteiger charge is -2.35. The van der Waals surface area contributed by atoms with Gasteiger partial charge in [0.2, 0.25) is 0 Å². The van der Waals surface area contributed by atoms with Crippen molar-refractivity contribution in [2.75, 3.05) is 66.5 Å². The molecule has 42 heavy (non-hydrogen) atoms. The summed E-state index contributed by atoms with van der Waals surface area (Å²) in [5, 5.41) is 0. The van der Waals surface area contributed by atoms with Crippen molar-refractivity contribution in [3.8, 4) is 0 Å². The monoisotopic (exact) mass is 570 g/mol. The maximum atomic E-state index is 14.9. The van der Waals surface area contributed by atoms with Gasteiger partial charge in [0.15, 0.2) is 5.78 Å². The van der Waals surface area contributed by atoms with Gasteiger partial charge in [-0.05, 0) is 73.9 Å². The Morgan fingerprint density at radius 3 is 1.33 bits per heavy atom. The molecule has 2 aliphatic heterocycles. The number of benzene rings is 2. The Labute approximate surface area is 255 Å². The number of nitrogens with zero attached hydrogens (tertiary/aromatic N) is 4. The second-order valence-corrected chi connectivity index (χ2v) is 13.9. The molecule has 2 saturated heterocycles. The number of carbonyl (C=O) groups is 1. The predicted molar refractivity (Wildman–Crippen MR) is 174 cm³/mol. The van der Waals surface area contributed by atoms with E-state index in [1.807, 2.05) is 0 Å². The normalized spacial score (nSPS) is 22.9. The number of carbonyl (C=O) groups excluding carboxylic acids is 1. The fourth-order valence-corrected chi connectivity index (χ4v) is 8.18. The molecule has 5 heteroatoms. The van der Waals surface area contributed by atoms with Gasteiger partial charge in [-0.15, -0.1) is 0 Å². The van der Waals surface area contributed by atoms with Gasteiger partial charge >= 0.3 is 0 Å². The van der Waals surface area contributed by atoms with E-state index < -0.39 is 0 Å². The third-order valence-corrected chi connectivity index (χ3v) is 11.0. The average Bonchev–Trinajstić information content (AvgIpc) is 3.04. The van der Waals surface area contributed by atoms with Crippen LogP contribution in [0, 0.1) is 0 Å². The highest BCUT2D eigenvalue weighted by atomic mass is 16.1. The van der Waals surface area contributed by atoms with E-state index in [2.05, 4.69) is 70.1 Å². The van der Waals surface area contributed by atoms with Crippen LogP contribution >= 0.6 is 0 Å². The van der Waals surface area contributed by atoms with E-state index in [0.717, 1.165) is 76.6 Å². The summed E-state index contributed by atoms with van der Waals surface area (Å²) in [6.45, 7) is 10.5. The Hall–Kier alpha value is -2.05. The summed E-state index contributed by atoms with van der Waals surface area (Å²) in [6.07, 6.45) is 13.0. The molecular weight excluding hydrogens is 516 g/mol. The number of hydrogen-bond donors (Lipinski definition) is 0. The van der Waals surface area contributed by atoms with Gasteiger partial charge < -0.3 is 9.80 Å². The van der Waals surface area contributed by atoms with Crippen molar-refractivity contribution in [3.63, 3.8) is 0 Å². The van der Waals surface area contributed by atoms with E-state index >= 15 is 0 Å². The number of hydrogen-bond acceptors (Lipinski definition) is 5. The van der Waals surface area contributed by atoms with Crippen molar-refractivity contribution in [3.05, 3.63) is 69.8 Å². The average molecular weight is 571 g/mol. The summed E-state index contributed by atoms with van der Waals surface area (Å²) >= 11 is 0. The van der Waals surface area contributed by atoms with Crippen LogP contribution in [-0.2, 0) is 13.1 Å². The molecule has 2 aliphatic carbocycles. The minimum absolute atomic E-state index is 0.263. The molecule has 2 saturated carbocycles. The van der Waals surface area contributed by atoms with Crippen molar-refractivity contribution < 1.29 is 4.79 Å². The lowest BCUT2D eigenvalue weighted by Crippen LogP contribution is -2.44. The second-order valence-electron chi connectivity index (χ2n) is 13.9. The van der Waals surface area contributed by atoms with Crippen LogP contribution in [0.1, 0.15) is 114 Å². The second kappa shape index (κ2) is 14.2. The Balaban J connectivity index is 1.38. The Morgan fingerprint density at radius 1 is 0.571 bits per heavy atom.